The van der Waals surface area contributed by atoms with E-state index in [4.69, 9.17) is 5.11 Å². The molecule has 0 aliphatic carbocycles. The molecule has 0 unspecified atom stereocenters. The molecule has 2 aromatic rings. The molecule has 1 aliphatic rings. The van der Waals surface area contributed by atoms with Crippen LogP contribution in [-0.2, 0) is 16.0 Å². The standard InChI is InChI=1S/C23H28FN3O3/c24-20-6-8-21(9-7-20)26-23(30)19-14-18(22(29)25-11-13-28)15-27(16-19)12-10-17-4-2-1-3-5-17/h1-9,18-19,28H,10-16H2,(H,25,29)(H,26,30)/t18-,19+/m0/s1. The molecule has 7 heteroatoms. The quantitative estimate of drug-likeness (QED) is 0.619. The lowest BCUT2D eigenvalue weighted by molar-refractivity contribution is -0.130. The van der Waals surface area contributed by atoms with Gasteiger partial charge in [0.1, 0.15) is 5.82 Å². The first kappa shape index (κ1) is 21.9. The molecule has 2 aromatic carbocycles. The van der Waals surface area contributed by atoms with Gasteiger partial charge in [0.25, 0.3) is 0 Å². The first-order chi connectivity index (χ1) is 14.5. The molecule has 160 valence electrons. The van der Waals surface area contributed by atoms with E-state index < -0.39 is 0 Å². The van der Waals surface area contributed by atoms with E-state index in [1.165, 1.54) is 29.8 Å². The first-order valence-electron chi connectivity index (χ1n) is 10.3. The third-order valence-electron chi connectivity index (χ3n) is 5.35. The lowest BCUT2D eigenvalue weighted by Crippen LogP contribution is -2.50. The lowest BCUT2D eigenvalue weighted by atomic mass is 9.87. The fourth-order valence-corrected chi connectivity index (χ4v) is 3.79. The number of carbonyl (C=O) groups excluding carboxylic acids is 2. The van der Waals surface area contributed by atoms with Crippen LogP contribution in [0.25, 0.3) is 0 Å². The highest BCUT2D eigenvalue weighted by molar-refractivity contribution is 5.93. The second kappa shape index (κ2) is 10.8. The molecule has 2 atom stereocenters. The third-order valence-corrected chi connectivity index (χ3v) is 5.35. The van der Waals surface area contributed by atoms with Gasteiger partial charge >= 0.3 is 0 Å². The minimum Gasteiger partial charge on any atom is -0.395 e. The van der Waals surface area contributed by atoms with Gasteiger partial charge in [0.2, 0.25) is 11.8 Å². The van der Waals surface area contributed by atoms with Crippen LogP contribution < -0.4 is 10.6 Å². The van der Waals surface area contributed by atoms with E-state index in [2.05, 4.69) is 27.7 Å². The van der Waals surface area contributed by atoms with E-state index in [1.807, 2.05) is 18.2 Å². The Bertz CT molecular complexity index is 829. The molecule has 0 bridgehead atoms. The van der Waals surface area contributed by atoms with Crippen LogP contribution in [0.1, 0.15) is 12.0 Å². The second-order valence-electron chi connectivity index (χ2n) is 7.64. The number of aliphatic hydroxyl groups is 1. The highest BCUT2D eigenvalue weighted by Crippen LogP contribution is 2.24. The Kier molecular flexibility index (Phi) is 7.93. The Morgan fingerprint density at radius 1 is 1.00 bits per heavy atom. The summed E-state index contributed by atoms with van der Waals surface area (Å²) in [4.78, 5) is 27.5. The van der Waals surface area contributed by atoms with Crippen LogP contribution in [-0.4, -0.2) is 54.6 Å². The third kappa shape index (κ3) is 6.37. The zero-order valence-corrected chi connectivity index (χ0v) is 16.9. The van der Waals surface area contributed by atoms with Gasteiger partial charge in [-0.2, -0.15) is 0 Å². The Morgan fingerprint density at radius 2 is 1.67 bits per heavy atom. The van der Waals surface area contributed by atoms with Crippen LogP contribution in [0.2, 0.25) is 0 Å². The van der Waals surface area contributed by atoms with Crippen molar-refractivity contribution in [2.75, 3.05) is 38.1 Å². The van der Waals surface area contributed by atoms with Crippen LogP contribution in [0.15, 0.2) is 54.6 Å². The topological polar surface area (TPSA) is 81.7 Å². The zero-order valence-electron chi connectivity index (χ0n) is 16.9. The van der Waals surface area contributed by atoms with E-state index in [1.54, 1.807) is 0 Å². The molecule has 1 fully saturated rings. The molecule has 1 heterocycles. The minimum absolute atomic E-state index is 0.120. The summed E-state index contributed by atoms with van der Waals surface area (Å²) >= 11 is 0. The van der Waals surface area contributed by atoms with E-state index in [0.717, 1.165) is 13.0 Å². The largest absolute Gasteiger partial charge is 0.395 e. The fraction of sp³-hybridized carbons (Fsp3) is 0.391. The van der Waals surface area contributed by atoms with Crippen molar-refractivity contribution in [2.45, 2.75) is 12.8 Å². The van der Waals surface area contributed by atoms with Gasteiger partial charge in [-0.15, -0.1) is 0 Å². The fourth-order valence-electron chi connectivity index (χ4n) is 3.79. The number of aliphatic hydroxyl groups excluding tert-OH is 1. The van der Waals surface area contributed by atoms with Gasteiger partial charge in [0.15, 0.2) is 0 Å². The molecule has 1 aliphatic heterocycles. The van der Waals surface area contributed by atoms with Crippen molar-refractivity contribution in [3.63, 3.8) is 0 Å². The number of likely N-dealkylation sites (tertiary alicyclic amines) is 1. The molecule has 3 N–H and O–H groups in total. The normalized spacial score (nSPS) is 19.3. The molecule has 0 aromatic heterocycles. The number of nitrogens with one attached hydrogen (secondary N) is 2. The maximum Gasteiger partial charge on any atom is 0.228 e. The van der Waals surface area contributed by atoms with Crippen molar-refractivity contribution in [1.82, 2.24) is 10.2 Å². The van der Waals surface area contributed by atoms with Gasteiger partial charge in [-0.1, -0.05) is 30.3 Å². The highest BCUT2D eigenvalue weighted by atomic mass is 19.1. The number of carbonyl (C=O) groups is 2. The zero-order chi connectivity index (χ0) is 21.3. The molecule has 6 nitrogen and oxygen atoms in total. The van der Waals surface area contributed by atoms with E-state index in [-0.39, 0.29) is 42.6 Å². The molecule has 0 saturated carbocycles. The number of benzene rings is 2. The lowest BCUT2D eigenvalue weighted by Gasteiger charge is -2.36. The van der Waals surface area contributed by atoms with Crippen molar-refractivity contribution < 1.29 is 19.1 Å². The molecule has 30 heavy (non-hydrogen) atoms. The monoisotopic (exact) mass is 413 g/mol. The summed E-state index contributed by atoms with van der Waals surface area (Å²) in [6.07, 6.45) is 1.27. The number of anilines is 1. The van der Waals surface area contributed by atoms with Crippen molar-refractivity contribution >= 4 is 17.5 Å². The predicted molar refractivity (Wildman–Crippen MR) is 113 cm³/mol. The van der Waals surface area contributed by atoms with Gasteiger partial charge < -0.3 is 20.6 Å². The van der Waals surface area contributed by atoms with Crippen LogP contribution >= 0.6 is 0 Å². The summed E-state index contributed by atoms with van der Waals surface area (Å²) in [7, 11) is 0. The summed E-state index contributed by atoms with van der Waals surface area (Å²) in [6, 6.07) is 15.7. The van der Waals surface area contributed by atoms with Gasteiger partial charge in [-0.3, -0.25) is 9.59 Å². The number of amides is 2. The maximum absolute atomic E-state index is 13.1. The number of hydrogen-bond acceptors (Lipinski definition) is 4. The molecular formula is C23H28FN3O3. The van der Waals surface area contributed by atoms with E-state index >= 15 is 0 Å². The van der Waals surface area contributed by atoms with Crippen LogP contribution in [0.4, 0.5) is 10.1 Å². The average molecular weight is 413 g/mol. The number of nitrogens with zero attached hydrogens (tertiary/aromatic N) is 1. The average Bonchev–Trinajstić information content (AvgIpc) is 2.78. The van der Waals surface area contributed by atoms with Crippen LogP contribution in [0.5, 0.6) is 0 Å². The van der Waals surface area contributed by atoms with Crippen molar-refractivity contribution in [3.8, 4) is 0 Å². The minimum atomic E-state index is -0.363. The molecule has 2 amide bonds. The molecule has 3 rings (SSSR count). The maximum atomic E-state index is 13.1. The SMILES string of the molecule is O=C(NCCO)[C@H]1C[C@@H](C(=O)Nc2ccc(F)cc2)CN(CCc2ccccc2)C1. The second-order valence-corrected chi connectivity index (χ2v) is 7.64. The Labute approximate surface area is 176 Å². The van der Waals surface area contributed by atoms with Crippen LogP contribution in [0.3, 0.4) is 0 Å². The molecule has 0 radical (unpaired) electrons. The van der Waals surface area contributed by atoms with Crippen molar-refractivity contribution in [3.05, 3.63) is 66.0 Å². The summed E-state index contributed by atoms with van der Waals surface area (Å²) in [5.74, 6) is -1.37. The summed E-state index contributed by atoms with van der Waals surface area (Å²) in [5, 5.41) is 14.5. The number of rotatable bonds is 8. The van der Waals surface area contributed by atoms with Gasteiger partial charge in [0, 0.05) is 31.9 Å². The van der Waals surface area contributed by atoms with E-state index in [9.17, 15) is 14.0 Å². The number of hydrogen-bond donors (Lipinski definition) is 3. The summed E-state index contributed by atoms with van der Waals surface area (Å²) < 4.78 is 13.1. The Morgan fingerprint density at radius 3 is 2.33 bits per heavy atom. The number of halogens is 1. The van der Waals surface area contributed by atoms with Crippen molar-refractivity contribution in [2.24, 2.45) is 11.8 Å². The Hall–Kier alpha value is -2.77. The number of piperidine rings is 1. The van der Waals surface area contributed by atoms with E-state index in [0.29, 0.717) is 25.2 Å². The Balaban J connectivity index is 1.66. The van der Waals surface area contributed by atoms with Gasteiger partial charge in [-0.25, -0.2) is 4.39 Å². The first-order valence-corrected chi connectivity index (χ1v) is 10.3. The summed E-state index contributed by atoms with van der Waals surface area (Å²) in [6.45, 7) is 1.96. The smallest absolute Gasteiger partial charge is 0.228 e. The van der Waals surface area contributed by atoms with Gasteiger partial charge in [-0.05, 0) is 42.7 Å². The molecular weight excluding hydrogens is 385 g/mol. The molecule has 0 spiro atoms. The molecule has 1 saturated heterocycles. The van der Waals surface area contributed by atoms with Crippen molar-refractivity contribution in [1.29, 1.82) is 0 Å². The summed E-state index contributed by atoms with van der Waals surface area (Å²) in [5.41, 5.74) is 1.74. The van der Waals surface area contributed by atoms with Crippen LogP contribution in [0, 0.1) is 17.7 Å². The highest BCUT2D eigenvalue weighted by Gasteiger charge is 2.34. The predicted octanol–water partition coefficient (Wildman–Crippen LogP) is 2.05. The van der Waals surface area contributed by atoms with Gasteiger partial charge in [0.05, 0.1) is 18.4 Å².